The average Bonchev–Trinajstić information content (AvgIpc) is 2.29. The molecule has 1 rings (SSSR count). The lowest BCUT2D eigenvalue weighted by molar-refractivity contribution is 0.0966. The van der Waals surface area contributed by atoms with Crippen molar-refractivity contribution in [1.29, 1.82) is 0 Å². The van der Waals surface area contributed by atoms with E-state index < -0.39 is 6.10 Å². The normalized spacial score (nSPS) is 13.6. The number of hydrogen-bond acceptors (Lipinski definition) is 3. The van der Waals surface area contributed by atoms with E-state index in [9.17, 15) is 4.79 Å². The van der Waals surface area contributed by atoms with Gasteiger partial charge in [-0.3, -0.25) is 4.79 Å². The van der Waals surface area contributed by atoms with Crippen molar-refractivity contribution in [1.82, 2.24) is 0 Å². The quantitative estimate of drug-likeness (QED) is 0.703. The molecule has 0 fully saturated rings. The third kappa shape index (κ3) is 4.06. The minimum Gasteiger partial charge on any atom is -0.394 e. The minimum atomic E-state index is -0.901. The van der Waals surface area contributed by atoms with Crippen molar-refractivity contribution in [3.63, 3.8) is 0 Å². The second-order valence-electron chi connectivity index (χ2n) is 3.22. The van der Waals surface area contributed by atoms with E-state index in [0.717, 1.165) is 5.56 Å². The molecule has 1 atom stereocenters. The Morgan fingerprint density at radius 2 is 2.07 bits per heavy atom. The Balaban J connectivity index is 2.74. The molecule has 0 spiro atoms. The first-order chi connectivity index (χ1) is 7.26. The van der Waals surface area contributed by atoms with E-state index in [1.807, 2.05) is 30.3 Å². The standard InChI is InChI=1S/C12H13O3/c13-8-11(7-12(15)9-14)6-10-4-2-1-3-5-10/h1-6,12,14-15H,7,9H2. The molecular weight excluding hydrogens is 192 g/mol. The van der Waals surface area contributed by atoms with Gasteiger partial charge in [0.25, 0.3) is 0 Å². The maximum Gasteiger partial charge on any atom is 0.229 e. The van der Waals surface area contributed by atoms with Crippen molar-refractivity contribution in [2.75, 3.05) is 6.61 Å². The fourth-order valence-corrected chi connectivity index (χ4v) is 1.20. The van der Waals surface area contributed by atoms with E-state index in [1.165, 1.54) is 0 Å². The van der Waals surface area contributed by atoms with E-state index in [0.29, 0.717) is 5.57 Å². The van der Waals surface area contributed by atoms with Gasteiger partial charge in [0.1, 0.15) is 0 Å². The Morgan fingerprint density at radius 3 is 2.60 bits per heavy atom. The molecule has 15 heavy (non-hydrogen) atoms. The van der Waals surface area contributed by atoms with Gasteiger partial charge in [0.05, 0.1) is 12.7 Å². The van der Waals surface area contributed by atoms with Crippen molar-refractivity contribution in [2.45, 2.75) is 12.5 Å². The minimum absolute atomic E-state index is 0.120. The highest BCUT2D eigenvalue weighted by Crippen LogP contribution is 2.09. The van der Waals surface area contributed by atoms with Gasteiger partial charge < -0.3 is 10.2 Å². The number of hydrogen-bond donors (Lipinski definition) is 2. The number of benzene rings is 1. The fraction of sp³-hybridized carbons (Fsp3) is 0.250. The second-order valence-corrected chi connectivity index (χ2v) is 3.22. The van der Waals surface area contributed by atoms with Crippen molar-refractivity contribution in [3.05, 3.63) is 41.5 Å². The van der Waals surface area contributed by atoms with Crippen molar-refractivity contribution >= 4 is 12.4 Å². The van der Waals surface area contributed by atoms with Crippen LogP contribution in [0.3, 0.4) is 0 Å². The van der Waals surface area contributed by atoms with Gasteiger partial charge in [-0.1, -0.05) is 30.3 Å². The summed E-state index contributed by atoms with van der Waals surface area (Å²) < 4.78 is 0. The second kappa shape index (κ2) is 6.11. The highest BCUT2D eigenvalue weighted by molar-refractivity contribution is 5.82. The maximum atomic E-state index is 10.6. The van der Waals surface area contributed by atoms with Crippen LogP contribution in [0, 0.1) is 0 Å². The van der Waals surface area contributed by atoms with Gasteiger partial charge in [-0.05, 0) is 11.6 Å². The van der Waals surface area contributed by atoms with Crippen LogP contribution in [0.15, 0.2) is 35.9 Å². The summed E-state index contributed by atoms with van der Waals surface area (Å²) in [6.45, 7) is -0.353. The molecule has 1 aromatic rings. The molecule has 0 heterocycles. The smallest absolute Gasteiger partial charge is 0.229 e. The maximum absolute atomic E-state index is 10.6. The number of aliphatic hydroxyl groups excluding tert-OH is 2. The number of carbonyl (C=O) groups excluding carboxylic acids is 1. The third-order valence-corrected chi connectivity index (χ3v) is 1.94. The zero-order valence-corrected chi connectivity index (χ0v) is 8.26. The summed E-state index contributed by atoms with van der Waals surface area (Å²) in [6, 6.07) is 9.29. The molecule has 2 N–H and O–H groups in total. The summed E-state index contributed by atoms with van der Waals surface area (Å²) in [5, 5.41) is 17.8. The lowest BCUT2D eigenvalue weighted by atomic mass is 10.1. The highest BCUT2D eigenvalue weighted by atomic mass is 16.3. The molecule has 1 aromatic carbocycles. The van der Waals surface area contributed by atoms with Gasteiger partial charge in [0, 0.05) is 12.0 Å². The Labute approximate surface area is 88.7 Å². The first-order valence-electron chi connectivity index (χ1n) is 4.69. The summed E-state index contributed by atoms with van der Waals surface area (Å²) in [5.41, 5.74) is 1.23. The van der Waals surface area contributed by atoms with Crippen LogP contribution in [0.25, 0.3) is 6.08 Å². The van der Waals surface area contributed by atoms with Gasteiger partial charge in [-0.2, -0.15) is 0 Å². The van der Waals surface area contributed by atoms with Crippen LogP contribution < -0.4 is 0 Å². The van der Waals surface area contributed by atoms with Crippen LogP contribution in [-0.4, -0.2) is 29.2 Å². The molecule has 0 amide bonds. The predicted octanol–water partition coefficient (Wildman–Crippen LogP) is 0.923. The Morgan fingerprint density at radius 1 is 1.40 bits per heavy atom. The van der Waals surface area contributed by atoms with Gasteiger partial charge in [-0.25, -0.2) is 0 Å². The highest BCUT2D eigenvalue weighted by Gasteiger charge is 2.06. The predicted molar refractivity (Wildman–Crippen MR) is 57.8 cm³/mol. The fourth-order valence-electron chi connectivity index (χ4n) is 1.20. The molecule has 0 saturated carbocycles. The zero-order chi connectivity index (χ0) is 11.1. The lowest BCUT2D eigenvalue weighted by Gasteiger charge is -2.05. The van der Waals surface area contributed by atoms with E-state index in [4.69, 9.17) is 10.2 Å². The molecular formula is C12H13O3. The number of aliphatic hydroxyl groups is 2. The van der Waals surface area contributed by atoms with Gasteiger partial charge >= 0.3 is 0 Å². The van der Waals surface area contributed by atoms with E-state index >= 15 is 0 Å². The molecule has 0 bridgehead atoms. The Bertz CT molecular complexity index is 330. The molecule has 79 valence electrons. The molecule has 1 unspecified atom stereocenters. The van der Waals surface area contributed by atoms with Crippen LogP contribution in [-0.2, 0) is 4.79 Å². The summed E-state index contributed by atoms with van der Waals surface area (Å²) in [4.78, 5) is 10.6. The van der Waals surface area contributed by atoms with Crippen molar-refractivity contribution in [2.24, 2.45) is 0 Å². The summed E-state index contributed by atoms with van der Waals surface area (Å²) in [6.07, 6.45) is 2.62. The Kier molecular flexibility index (Phi) is 4.74. The Hall–Kier alpha value is -1.45. The lowest BCUT2D eigenvalue weighted by Crippen LogP contribution is -2.12. The van der Waals surface area contributed by atoms with Crippen LogP contribution in [0.2, 0.25) is 0 Å². The molecule has 0 saturated heterocycles. The first-order valence-corrected chi connectivity index (χ1v) is 4.69. The summed E-state index contributed by atoms with van der Waals surface area (Å²) in [5.74, 6) is 0. The van der Waals surface area contributed by atoms with E-state index in [2.05, 4.69) is 0 Å². The van der Waals surface area contributed by atoms with Gasteiger partial charge in [-0.15, -0.1) is 0 Å². The van der Waals surface area contributed by atoms with Crippen molar-refractivity contribution < 1.29 is 15.0 Å². The average molecular weight is 205 g/mol. The zero-order valence-electron chi connectivity index (χ0n) is 8.26. The van der Waals surface area contributed by atoms with Crippen LogP contribution in [0.1, 0.15) is 12.0 Å². The van der Waals surface area contributed by atoms with E-state index in [-0.39, 0.29) is 13.0 Å². The monoisotopic (exact) mass is 205 g/mol. The number of rotatable bonds is 5. The third-order valence-electron chi connectivity index (χ3n) is 1.94. The van der Waals surface area contributed by atoms with Crippen LogP contribution in [0.4, 0.5) is 0 Å². The SMILES string of the molecule is O=[C]C(=Cc1ccccc1)CC(O)CO. The molecule has 1 radical (unpaired) electrons. The molecule has 3 heteroatoms. The van der Waals surface area contributed by atoms with Crippen LogP contribution >= 0.6 is 0 Å². The molecule has 3 nitrogen and oxygen atoms in total. The summed E-state index contributed by atoms with van der Waals surface area (Å²) in [7, 11) is 0. The van der Waals surface area contributed by atoms with Crippen LogP contribution in [0.5, 0.6) is 0 Å². The molecule has 0 aliphatic heterocycles. The first kappa shape index (κ1) is 11.6. The summed E-state index contributed by atoms with van der Waals surface area (Å²) >= 11 is 0. The molecule has 0 aliphatic carbocycles. The van der Waals surface area contributed by atoms with Gasteiger partial charge in [0.15, 0.2) is 0 Å². The van der Waals surface area contributed by atoms with E-state index in [1.54, 1.807) is 12.4 Å². The topological polar surface area (TPSA) is 57.5 Å². The molecule has 0 aromatic heterocycles. The molecule has 0 aliphatic rings. The van der Waals surface area contributed by atoms with Crippen molar-refractivity contribution in [3.8, 4) is 0 Å². The largest absolute Gasteiger partial charge is 0.394 e. The van der Waals surface area contributed by atoms with Gasteiger partial charge in [0.2, 0.25) is 6.29 Å².